The number of nitrogens with zero attached hydrogens (tertiary/aromatic N) is 1. The van der Waals surface area contributed by atoms with E-state index in [1.54, 1.807) is 7.11 Å². The Morgan fingerprint density at radius 3 is 2.75 bits per heavy atom. The summed E-state index contributed by atoms with van der Waals surface area (Å²) in [7, 11) is 1.67. The van der Waals surface area contributed by atoms with E-state index in [4.69, 9.17) is 4.74 Å². The minimum absolute atomic E-state index is 0.00127. The van der Waals surface area contributed by atoms with Gasteiger partial charge in [-0.2, -0.15) is 0 Å². The summed E-state index contributed by atoms with van der Waals surface area (Å²) in [5.74, 6) is 0.840. The van der Waals surface area contributed by atoms with Crippen LogP contribution in [0.4, 0.5) is 4.79 Å². The molecule has 1 aliphatic rings. The number of carbonyl (C=O) groups excluding carboxylic acids is 1. The molecule has 1 fully saturated rings. The van der Waals surface area contributed by atoms with Crippen molar-refractivity contribution in [3.63, 3.8) is 0 Å². The third-order valence-corrected chi connectivity index (χ3v) is 5.53. The Kier molecular flexibility index (Phi) is 5.51. The zero-order valence-corrected chi connectivity index (χ0v) is 16.3. The fourth-order valence-corrected chi connectivity index (χ4v) is 4.03. The second kappa shape index (κ2) is 8.38. The highest BCUT2D eigenvalue weighted by molar-refractivity contribution is 5.80. The number of nitrogens with one attached hydrogen (secondary N) is 2. The predicted octanol–water partition coefficient (Wildman–Crippen LogP) is 5.00. The summed E-state index contributed by atoms with van der Waals surface area (Å²) in [6, 6.07) is 18.5. The molecule has 2 N–H and O–H groups in total. The molecule has 5 nitrogen and oxygen atoms in total. The molecule has 2 amide bonds. The standard InChI is InChI=1S/C23H27N3O2/c1-28-20-12-10-17(11-13-20)22-9-3-2-6-14-26(22)23(27)24-16-19-15-18-7-4-5-8-21(18)25-19/h4-5,7-8,10-13,15,22,25H,2-3,6,9,14,16H2,1H3,(H,24,27). The molecule has 2 heterocycles. The van der Waals surface area contributed by atoms with E-state index in [1.807, 2.05) is 29.2 Å². The van der Waals surface area contributed by atoms with Crippen molar-refractivity contribution >= 4 is 16.9 Å². The van der Waals surface area contributed by atoms with Crippen LogP contribution in [0, 0.1) is 0 Å². The average molecular weight is 377 g/mol. The first-order valence-electron chi connectivity index (χ1n) is 9.99. The lowest BCUT2D eigenvalue weighted by Crippen LogP contribution is -2.42. The van der Waals surface area contributed by atoms with Gasteiger partial charge in [0.2, 0.25) is 0 Å². The van der Waals surface area contributed by atoms with Gasteiger partial charge in [-0.1, -0.05) is 43.2 Å². The summed E-state index contributed by atoms with van der Waals surface area (Å²) in [5.41, 5.74) is 3.28. The summed E-state index contributed by atoms with van der Waals surface area (Å²) in [4.78, 5) is 18.4. The Morgan fingerprint density at radius 2 is 1.96 bits per heavy atom. The molecule has 2 aromatic carbocycles. The van der Waals surface area contributed by atoms with Gasteiger partial charge in [0.25, 0.3) is 0 Å². The number of fused-ring (bicyclic) bond motifs is 1. The molecule has 0 aliphatic carbocycles. The Hall–Kier alpha value is -2.95. The van der Waals surface area contributed by atoms with Crippen LogP contribution in [0.25, 0.3) is 10.9 Å². The third kappa shape index (κ3) is 3.98. The lowest BCUT2D eigenvalue weighted by molar-refractivity contribution is 0.175. The molecule has 1 aromatic heterocycles. The molecule has 146 valence electrons. The number of benzene rings is 2. The Morgan fingerprint density at radius 1 is 1.14 bits per heavy atom. The van der Waals surface area contributed by atoms with E-state index in [0.717, 1.165) is 48.2 Å². The number of hydrogen-bond donors (Lipinski definition) is 2. The smallest absolute Gasteiger partial charge is 0.318 e. The Bertz CT molecular complexity index is 899. The molecule has 4 rings (SSSR count). The number of hydrogen-bond acceptors (Lipinski definition) is 2. The molecule has 0 radical (unpaired) electrons. The highest BCUT2D eigenvalue weighted by atomic mass is 16.5. The molecule has 1 aliphatic heterocycles. The minimum Gasteiger partial charge on any atom is -0.497 e. The quantitative estimate of drug-likeness (QED) is 0.672. The molecule has 1 unspecified atom stereocenters. The van der Waals surface area contributed by atoms with Gasteiger partial charge < -0.3 is 19.9 Å². The second-order valence-corrected chi connectivity index (χ2v) is 7.37. The van der Waals surface area contributed by atoms with Crippen molar-refractivity contribution in [2.75, 3.05) is 13.7 Å². The van der Waals surface area contributed by atoms with Crippen LogP contribution in [0.1, 0.15) is 43.0 Å². The van der Waals surface area contributed by atoms with Crippen molar-refractivity contribution < 1.29 is 9.53 Å². The van der Waals surface area contributed by atoms with Gasteiger partial charge in [0.15, 0.2) is 0 Å². The summed E-state index contributed by atoms with van der Waals surface area (Å²) in [6.07, 6.45) is 4.35. The summed E-state index contributed by atoms with van der Waals surface area (Å²) >= 11 is 0. The zero-order valence-electron chi connectivity index (χ0n) is 16.3. The number of rotatable bonds is 4. The molecular formula is C23H27N3O2. The lowest BCUT2D eigenvalue weighted by atomic mass is 10.0. The third-order valence-electron chi connectivity index (χ3n) is 5.53. The van der Waals surface area contributed by atoms with Crippen LogP contribution in [0.2, 0.25) is 0 Å². The highest BCUT2D eigenvalue weighted by Gasteiger charge is 2.26. The maximum atomic E-state index is 13.0. The monoisotopic (exact) mass is 377 g/mol. The molecule has 1 saturated heterocycles. The number of para-hydroxylation sites is 1. The van der Waals surface area contributed by atoms with Crippen molar-refractivity contribution in [3.05, 3.63) is 65.9 Å². The van der Waals surface area contributed by atoms with Crippen LogP contribution >= 0.6 is 0 Å². The van der Waals surface area contributed by atoms with Crippen LogP contribution in [-0.4, -0.2) is 29.6 Å². The molecular weight excluding hydrogens is 350 g/mol. The van der Waals surface area contributed by atoms with E-state index >= 15 is 0 Å². The number of H-pyrrole nitrogens is 1. The van der Waals surface area contributed by atoms with Crippen LogP contribution in [-0.2, 0) is 6.54 Å². The Labute approximate surface area is 165 Å². The topological polar surface area (TPSA) is 57.4 Å². The first-order chi connectivity index (χ1) is 13.7. The zero-order chi connectivity index (χ0) is 19.3. The van der Waals surface area contributed by atoms with E-state index in [1.165, 1.54) is 12.0 Å². The van der Waals surface area contributed by atoms with Crippen molar-refractivity contribution in [3.8, 4) is 5.75 Å². The second-order valence-electron chi connectivity index (χ2n) is 7.37. The van der Waals surface area contributed by atoms with E-state index in [9.17, 15) is 4.79 Å². The van der Waals surface area contributed by atoms with Gasteiger partial charge in [-0.15, -0.1) is 0 Å². The average Bonchev–Trinajstić information content (AvgIpc) is 2.99. The number of ether oxygens (including phenoxy) is 1. The Balaban J connectivity index is 1.47. The van der Waals surface area contributed by atoms with Gasteiger partial charge >= 0.3 is 6.03 Å². The molecule has 28 heavy (non-hydrogen) atoms. The summed E-state index contributed by atoms with van der Waals surface area (Å²) in [5, 5.41) is 4.28. The normalized spacial score (nSPS) is 17.3. The van der Waals surface area contributed by atoms with Crippen molar-refractivity contribution in [1.29, 1.82) is 0 Å². The molecule has 0 bridgehead atoms. The van der Waals surface area contributed by atoms with Gasteiger partial charge in [-0.3, -0.25) is 0 Å². The van der Waals surface area contributed by atoms with E-state index in [2.05, 4.69) is 40.6 Å². The van der Waals surface area contributed by atoms with Crippen molar-refractivity contribution in [1.82, 2.24) is 15.2 Å². The maximum Gasteiger partial charge on any atom is 0.318 e. The number of urea groups is 1. The van der Waals surface area contributed by atoms with E-state index in [-0.39, 0.29) is 12.1 Å². The van der Waals surface area contributed by atoms with Crippen LogP contribution in [0.3, 0.4) is 0 Å². The van der Waals surface area contributed by atoms with E-state index in [0.29, 0.717) is 6.54 Å². The largest absolute Gasteiger partial charge is 0.497 e. The first-order valence-corrected chi connectivity index (χ1v) is 9.99. The number of aromatic amines is 1. The highest BCUT2D eigenvalue weighted by Crippen LogP contribution is 2.31. The fourth-order valence-electron chi connectivity index (χ4n) is 4.03. The SMILES string of the molecule is COc1ccc(C2CCCCCN2C(=O)NCc2cc3ccccc3[nH]2)cc1. The summed E-state index contributed by atoms with van der Waals surface area (Å²) in [6.45, 7) is 1.29. The molecule has 1 atom stereocenters. The molecule has 0 spiro atoms. The maximum absolute atomic E-state index is 13.0. The van der Waals surface area contributed by atoms with Gasteiger partial charge in [-0.05, 0) is 48.1 Å². The minimum atomic E-state index is 0.00127. The number of likely N-dealkylation sites (tertiary alicyclic amines) is 1. The number of carbonyl (C=O) groups is 1. The molecule has 3 aromatic rings. The van der Waals surface area contributed by atoms with Crippen LogP contribution < -0.4 is 10.1 Å². The van der Waals surface area contributed by atoms with Crippen LogP contribution in [0.5, 0.6) is 5.75 Å². The fraction of sp³-hybridized carbons (Fsp3) is 0.348. The lowest BCUT2D eigenvalue weighted by Gasteiger charge is -2.30. The van der Waals surface area contributed by atoms with Crippen molar-refractivity contribution in [2.45, 2.75) is 38.3 Å². The summed E-state index contributed by atoms with van der Waals surface area (Å²) < 4.78 is 5.27. The number of methoxy groups -OCH3 is 1. The van der Waals surface area contributed by atoms with Gasteiger partial charge in [-0.25, -0.2) is 4.79 Å². The number of amides is 2. The van der Waals surface area contributed by atoms with Crippen LogP contribution in [0.15, 0.2) is 54.6 Å². The molecule has 5 heteroatoms. The molecule has 0 saturated carbocycles. The van der Waals surface area contributed by atoms with E-state index < -0.39 is 0 Å². The number of aromatic nitrogens is 1. The van der Waals surface area contributed by atoms with Crippen molar-refractivity contribution in [2.24, 2.45) is 0 Å². The van der Waals surface area contributed by atoms with Gasteiger partial charge in [0.05, 0.1) is 19.7 Å². The predicted molar refractivity (Wildman–Crippen MR) is 111 cm³/mol. The first kappa shape index (κ1) is 18.4. The van der Waals surface area contributed by atoms with Gasteiger partial charge in [0.1, 0.15) is 5.75 Å². The van der Waals surface area contributed by atoms with Gasteiger partial charge in [0, 0.05) is 17.8 Å².